The van der Waals surface area contributed by atoms with Gasteiger partial charge < -0.3 is 10.1 Å². The first-order valence-corrected chi connectivity index (χ1v) is 6.34. The van der Waals surface area contributed by atoms with Crippen LogP contribution in [-0.2, 0) is 6.54 Å². The molecule has 0 amide bonds. The second-order valence-electron chi connectivity index (χ2n) is 3.34. The Balaban J connectivity index is 2.23. The van der Waals surface area contributed by atoms with Crippen LogP contribution in [-0.4, -0.2) is 23.3 Å². The number of hydrogen-bond acceptors (Lipinski definition) is 5. The van der Waals surface area contributed by atoms with Crippen LogP contribution in [0.25, 0.3) is 0 Å². The molecule has 15 heavy (non-hydrogen) atoms. The molecule has 4 nitrogen and oxygen atoms in total. The fourth-order valence-corrected chi connectivity index (χ4v) is 1.73. The zero-order valence-corrected chi connectivity index (χ0v) is 10.3. The number of rotatable bonds is 8. The van der Waals surface area contributed by atoms with Gasteiger partial charge in [0.05, 0.1) is 6.61 Å². The van der Waals surface area contributed by atoms with E-state index < -0.39 is 0 Å². The summed E-state index contributed by atoms with van der Waals surface area (Å²) in [4.78, 5) is 0. The van der Waals surface area contributed by atoms with E-state index in [1.54, 1.807) is 0 Å². The maximum atomic E-state index is 5.45. The molecule has 0 unspecified atom stereocenters. The van der Waals surface area contributed by atoms with Crippen molar-refractivity contribution >= 4 is 11.3 Å². The minimum absolute atomic E-state index is 0.691. The van der Waals surface area contributed by atoms with Crippen LogP contribution in [0.2, 0.25) is 0 Å². The van der Waals surface area contributed by atoms with Gasteiger partial charge in [0.2, 0.25) is 0 Å². The largest absolute Gasteiger partial charge is 0.469 e. The van der Waals surface area contributed by atoms with Crippen LogP contribution in [0.4, 0.5) is 0 Å². The SMILES string of the molecule is CCCCOc1nnc(CNCCC)s1. The lowest BCUT2D eigenvalue weighted by Gasteiger charge is -1.98. The van der Waals surface area contributed by atoms with Gasteiger partial charge in [0, 0.05) is 6.54 Å². The summed E-state index contributed by atoms with van der Waals surface area (Å²) in [6.45, 7) is 6.84. The Morgan fingerprint density at radius 2 is 2.13 bits per heavy atom. The molecule has 1 heterocycles. The van der Waals surface area contributed by atoms with Gasteiger partial charge in [0.25, 0.3) is 5.19 Å². The summed E-state index contributed by atoms with van der Waals surface area (Å²) in [7, 11) is 0. The Bertz CT molecular complexity index is 240. The van der Waals surface area contributed by atoms with Crippen molar-refractivity contribution in [3.05, 3.63) is 5.01 Å². The molecule has 0 aliphatic carbocycles. The summed E-state index contributed by atoms with van der Waals surface area (Å²) >= 11 is 1.53. The van der Waals surface area contributed by atoms with Gasteiger partial charge in [-0.15, -0.1) is 10.2 Å². The molecule has 0 spiro atoms. The Labute approximate surface area is 95.1 Å². The van der Waals surface area contributed by atoms with Gasteiger partial charge in [-0.25, -0.2) is 0 Å². The third kappa shape index (κ3) is 5.09. The molecule has 0 saturated heterocycles. The maximum absolute atomic E-state index is 5.45. The van der Waals surface area contributed by atoms with Crippen LogP contribution < -0.4 is 10.1 Å². The van der Waals surface area contributed by atoms with Crippen LogP contribution in [0.5, 0.6) is 5.19 Å². The first-order valence-electron chi connectivity index (χ1n) is 5.52. The predicted molar refractivity (Wildman–Crippen MR) is 62.3 cm³/mol. The quantitative estimate of drug-likeness (QED) is 0.694. The summed E-state index contributed by atoms with van der Waals surface area (Å²) < 4.78 is 5.45. The van der Waals surface area contributed by atoms with Crippen molar-refractivity contribution in [2.24, 2.45) is 0 Å². The lowest BCUT2D eigenvalue weighted by Crippen LogP contribution is -2.13. The van der Waals surface area contributed by atoms with Crippen LogP contribution in [0.3, 0.4) is 0 Å². The van der Waals surface area contributed by atoms with Gasteiger partial charge in [-0.2, -0.15) is 0 Å². The van der Waals surface area contributed by atoms with Gasteiger partial charge in [-0.1, -0.05) is 31.6 Å². The summed E-state index contributed by atoms with van der Waals surface area (Å²) in [5, 5.41) is 13.0. The average molecular weight is 229 g/mol. The zero-order valence-electron chi connectivity index (χ0n) is 9.45. The molecule has 86 valence electrons. The molecule has 0 aliphatic heterocycles. The van der Waals surface area contributed by atoms with Crippen molar-refractivity contribution in [2.45, 2.75) is 39.7 Å². The molecule has 5 heteroatoms. The fourth-order valence-electron chi connectivity index (χ4n) is 1.04. The topological polar surface area (TPSA) is 47.0 Å². The monoisotopic (exact) mass is 229 g/mol. The average Bonchev–Trinajstić information content (AvgIpc) is 2.67. The van der Waals surface area contributed by atoms with Crippen LogP contribution in [0, 0.1) is 0 Å². The van der Waals surface area contributed by atoms with E-state index in [9.17, 15) is 0 Å². The van der Waals surface area contributed by atoms with Crippen molar-refractivity contribution in [3.8, 4) is 5.19 Å². The standard InChI is InChI=1S/C10H19N3OS/c1-3-5-7-14-10-13-12-9(15-10)8-11-6-4-2/h11H,3-8H2,1-2H3. The van der Waals surface area contributed by atoms with Crippen LogP contribution in [0.1, 0.15) is 38.1 Å². The summed E-state index contributed by atoms with van der Waals surface area (Å²) in [5.74, 6) is 0. The highest BCUT2D eigenvalue weighted by molar-refractivity contribution is 7.13. The van der Waals surface area contributed by atoms with E-state index in [0.717, 1.165) is 44.0 Å². The summed E-state index contributed by atoms with van der Waals surface area (Å²) in [5.41, 5.74) is 0. The molecule has 0 atom stereocenters. The number of nitrogens with one attached hydrogen (secondary N) is 1. The minimum Gasteiger partial charge on any atom is -0.469 e. The van der Waals surface area contributed by atoms with Crippen LogP contribution in [0.15, 0.2) is 0 Å². The molecular formula is C10H19N3OS. The number of aromatic nitrogens is 2. The highest BCUT2D eigenvalue weighted by Gasteiger charge is 2.03. The van der Waals surface area contributed by atoms with Crippen molar-refractivity contribution in [3.63, 3.8) is 0 Å². The highest BCUT2D eigenvalue weighted by Crippen LogP contribution is 2.17. The number of nitrogens with zero attached hydrogens (tertiary/aromatic N) is 2. The molecule has 0 aliphatic rings. The molecule has 1 aromatic heterocycles. The van der Waals surface area contributed by atoms with Crippen molar-refractivity contribution < 1.29 is 4.74 Å². The first kappa shape index (κ1) is 12.4. The van der Waals surface area contributed by atoms with Crippen LogP contribution >= 0.6 is 11.3 Å². The third-order valence-corrected chi connectivity index (χ3v) is 2.71. The highest BCUT2D eigenvalue weighted by atomic mass is 32.1. The van der Waals surface area contributed by atoms with Gasteiger partial charge in [-0.3, -0.25) is 0 Å². The van der Waals surface area contributed by atoms with E-state index in [1.807, 2.05) is 0 Å². The van der Waals surface area contributed by atoms with Crippen molar-refractivity contribution in [2.75, 3.05) is 13.2 Å². The van der Waals surface area contributed by atoms with E-state index in [-0.39, 0.29) is 0 Å². The molecule has 0 saturated carbocycles. The number of unbranched alkanes of at least 4 members (excludes halogenated alkanes) is 1. The molecule has 0 aromatic carbocycles. The lowest BCUT2D eigenvalue weighted by molar-refractivity contribution is 0.305. The van der Waals surface area contributed by atoms with E-state index in [0.29, 0.717) is 5.19 Å². The molecule has 1 aromatic rings. The first-order chi connectivity index (χ1) is 7.36. The Kier molecular flexibility index (Phi) is 6.27. The number of hydrogen-bond donors (Lipinski definition) is 1. The third-order valence-electron chi connectivity index (χ3n) is 1.87. The number of ether oxygens (including phenoxy) is 1. The fraction of sp³-hybridized carbons (Fsp3) is 0.800. The van der Waals surface area contributed by atoms with E-state index in [1.165, 1.54) is 11.3 Å². The Hall–Kier alpha value is -0.680. The molecule has 1 rings (SSSR count). The molecule has 1 N–H and O–H groups in total. The predicted octanol–water partition coefficient (Wildman–Crippen LogP) is 2.22. The Morgan fingerprint density at radius 3 is 2.87 bits per heavy atom. The minimum atomic E-state index is 0.691. The van der Waals surface area contributed by atoms with Crippen molar-refractivity contribution in [1.82, 2.24) is 15.5 Å². The zero-order chi connectivity index (χ0) is 10.9. The van der Waals surface area contributed by atoms with Gasteiger partial charge in [0.1, 0.15) is 5.01 Å². The van der Waals surface area contributed by atoms with Gasteiger partial charge >= 0.3 is 0 Å². The van der Waals surface area contributed by atoms with Crippen molar-refractivity contribution in [1.29, 1.82) is 0 Å². The van der Waals surface area contributed by atoms with E-state index in [4.69, 9.17) is 4.74 Å². The van der Waals surface area contributed by atoms with Gasteiger partial charge in [0.15, 0.2) is 0 Å². The summed E-state index contributed by atoms with van der Waals surface area (Å²) in [6, 6.07) is 0. The maximum Gasteiger partial charge on any atom is 0.294 e. The molecule has 0 radical (unpaired) electrons. The smallest absolute Gasteiger partial charge is 0.294 e. The second-order valence-corrected chi connectivity index (χ2v) is 4.37. The molecular weight excluding hydrogens is 210 g/mol. The van der Waals surface area contributed by atoms with E-state index >= 15 is 0 Å². The lowest BCUT2D eigenvalue weighted by atomic mass is 10.4. The Morgan fingerprint density at radius 1 is 1.27 bits per heavy atom. The normalized spacial score (nSPS) is 10.5. The summed E-state index contributed by atoms with van der Waals surface area (Å²) in [6.07, 6.45) is 3.35. The second kappa shape index (κ2) is 7.59. The van der Waals surface area contributed by atoms with E-state index in [2.05, 4.69) is 29.4 Å². The molecule has 0 fully saturated rings. The van der Waals surface area contributed by atoms with Gasteiger partial charge in [-0.05, 0) is 19.4 Å². The molecule has 0 bridgehead atoms.